The van der Waals surface area contributed by atoms with Crippen molar-refractivity contribution in [2.24, 2.45) is 0 Å². The standard InChI is InChI=1S/C23H20N4/c1-15-10-21-22(11-16(15)2)27(14-18-8-6-17(13-24)7-9-18)23(26-21)19-4-3-5-20(25)12-19/h3-12H,14,25H2,1-2H3. The quantitative estimate of drug-likeness (QED) is 0.537. The number of nitrogen functional groups attached to an aromatic ring is 1. The summed E-state index contributed by atoms with van der Waals surface area (Å²) < 4.78 is 2.22. The third-order valence-corrected chi connectivity index (χ3v) is 4.93. The first kappa shape index (κ1) is 16.9. The molecule has 0 amide bonds. The van der Waals surface area contributed by atoms with Gasteiger partial charge >= 0.3 is 0 Å². The van der Waals surface area contributed by atoms with E-state index in [0.717, 1.165) is 33.7 Å². The van der Waals surface area contributed by atoms with Crippen LogP contribution in [0.4, 0.5) is 5.69 Å². The summed E-state index contributed by atoms with van der Waals surface area (Å²) >= 11 is 0. The number of benzene rings is 3. The second-order valence-electron chi connectivity index (χ2n) is 6.88. The Balaban J connectivity index is 1.90. The highest BCUT2D eigenvalue weighted by atomic mass is 15.1. The number of anilines is 1. The molecule has 0 bridgehead atoms. The van der Waals surface area contributed by atoms with Crippen molar-refractivity contribution in [3.8, 4) is 17.5 Å². The van der Waals surface area contributed by atoms with E-state index in [4.69, 9.17) is 16.0 Å². The maximum Gasteiger partial charge on any atom is 0.141 e. The molecule has 4 nitrogen and oxygen atoms in total. The third kappa shape index (κ3) is 3.16. The van der Waals surface area contributed by atoms with E-state index in [0.29, 0.717) is 12.1 Å². The Kier molecular flexibility index (Phi) is 4.13. The van der Waals surface area contributed by atoms with Gasteiger partial charge in [-0.1, -0.05) is 24.3 Å². The lowest BCUT2D eigenvalue weighted by molar-refractivity contribution is 0.834. The van der Waals surface area contributed by atoms with Crippen molar-refractivity contribution in [3.63, 3.8) is 0 Å². The number of rotatable bonds is 3. The first-order valence-electron chi connectivity index (χ1n) is 8.87. The summed E-state index contributed by atoms with van der Waals surface area (Å²) in [5, 5.41) is 9.02. The average Bonchev–Trinajstić information content (AvgIpc) is 3.00. The molecule has 4 aromatic rings. The molecule has 1 heterocycles. The Morgan fingerprint density at radius 2 is 1.74 bits per heavy atom. The van der Waals surface area contributed by atoms with Gasteiger partial charge in [0.05, 0.1) is 22.7 Å². The smallest absolute Gasteiger partial charge is 0.141 e. The maximum absolute atomic E-state index is 9.02. The molecule has 0 aliphatic heterocycles. The zero-order chi connectivity index (χ0) is 19.0. The number of nitriles is 1. The Morgan fingerprint density at radius 1 is 1.00 bits per heavy atom. The number of fused-ring (bicyclic) bond motifs is 1. The van der Waals surface area contributed by atoms with Crippen LogP contribution < -0.4 is 5.73 Å². The normalized spacial score (nSPS) is 10.9. The summed E-state index contributed by atoms with van der Waals surface area (Å²) in [5.41, 5.74) is 14.0. The molecular formula is C23H20N4. The first-order chi connectivity index (χ1) is 13.0. The van der Waals surface area contributed by atoms with Crippen LogP contribution in [-0.2, 0) is 6.54 Å². The van der Waals surface area contributed by atoms with Crippen LogP contribution in [0.5, 0.6) is 0 Å². The number of aromatic nitrogens is 2. The zero-order valence-corrected chi connectivity index (χ0v) is 15.4. The summed E-state index contributed by atoms with van der Waals surface area (Å²) in [6, 6.07) is 22.0. The van der Waals surface area contributed by atoms with E-state index in [9.17, 15) is 0 Å². The summed E-state index contributed by atoms with van der Waals surface area (Å²) in [7, 11) is 0. The minimum atomic E-state index is 0.664. The minimum Gasteiger partial charge on any atom is -0.399 e. The van der Waals surface area contributed by atoms with Crippen LogP contribution in [0.2, 0.25) is 0 Å². The minimum absolute atomic E-state index is 0.664. The Bertz CT molecular complexity index is 1180. The molecule has 0 aliphatic carbocycles. The van der Waals surface area contributed by atoms with Crippen molar-refractivity contribution in [2.75, 3.05) is 5.73 Å². The average molecular weight is 352 g/mol. The van der Waals surface area contributed by atoms with Crippen molar-refractivity contribution >= 4 is 16.7 Å². The molecular weight excluding hydrogens is 332 g/mol. The van der Waals surface area contributed by atoms with Crippen LogP contribution in [0, 0.1) is 25.2 Å². The molecule has 0 unspecified atom stereocenters. The highest BCUT2D eigenvalue weighted by Crippen LogP contribution is 2.29. The molecule has 0 atom stereocenters. The summed E-state index contributed by atoms with van der Waals surface area (Å²) in [5.74, 6) is 0.895. The van der Waals surface area contributed by atoms with Crippen LogP contribution in [-0.4, -0.2) is 9.55 Å². The lowest BCUT2D eigenvalue weighted by atomic mass is 10.1. The summed E-state index contributed by atoms with van der Waals surface area (Å²) in [4.78, 5) is 4.91. The topological polar surface area (TPSA) is 67.6 Å². The molecule has 0 aliphatic rings. The van der Waals surface area contributed by atoms with Gasteiger partial charge in [-0.2, -0.15) is 5.26 Å². The molecule has 0 spiro atoms. The molecule has 27 heavy (non-hydrogen) atoms. The van der Waals surface area contributed by atoms with Gasteiger partial charge in [-0.05, 0) is 66.9 Å². The van der Waals surface area contributed by atoms with Gasteiger partial charge in [0, 0.05) is 17.8 Å². The van der Waals surface area contributed by atoms with Crippen LogP contribution >= 0.6 is 0 Å². The number of hydrogen-bond donors (Lipinski definition) is 1. The van der Waals surface area contributed by atoms with Gasteiger partial charge in [-0.15, -0.1) is 0 Å². The molecule has 132 valence electrons. The van der Waals surface area contributed by atoms with Crippen molar-refractivity contribution in [2.45, 2.75) is 20.4 Å². The van der Waals surface area contributed by atoms with Crippen LogP contribution in [0.25, 0.3) is 22.4 Å². The largest absolute Gasteiger partial charge is 0.399 e. The molecule has 2 N–H and O–H groups in total. The van der Waals surface area contributed by atoms with E-state index >= 15 is 0 Å². The fraction of sp³-hybridized carbons (Fsp3) is 0.130. The van der Waals surface area contributed by atoms with Crippen molar-refractivity contribution < 1.29 is 0 Å². The van der Waals surface area contributed by atoms with Gasteiger partial charge < -0.3 is 10.3 Å². The van der Waals surface area contributed by atoms with E-state index in [2.05, 4.69) is 36.6 Å². The Hall–Kier alpha value is -3.58. The highest BCUT2D eigenvalue weighted by Gasteiger charge is 2.14. The number of nitrogens with two attached hydrogens (primary N) is 1. The van der Waals surface area contributed by atoms with Crippen molar-refractivity contribution in [1.82, 2.24) is 9.55 Å². The fourth-order valence-corrected chi connectivity index (χ4v) is 3.31. The van der Waals surface area contributed by atoms with E-state index < -0.39 is 0 Å². The van der Waals surface area contributed by atoms with Crippen LogP contribution in [0.3, 0.4) is 0 Å². The van der Waals surface area contributed by atoms with Gasteiger partial charge in [0.2, 0.25) is 0 Å². The van der Waals surface area contributed by atoms with Gasteiger partial charge in [0.25, 0.3) is 0 Å². The number of imidazole rings is 1. The van der Waals surface area contributed by atoms with E-state index in [-0.39, 0.29) is 0 Å². The van der Waals surface area contributed by atoms with Crippen molar-refractivity contribution in [1.29, 1.82) is 5.26 Å². The first-order valence-corrected chi connectivity index (χ1v) is 8.87. The second-order valence-corrected chi connectivity index (χ2v) is 6.88. The van der Waals surface area contributed by atoms with E-state index in [1.54, 1.807) is 0 Å². The summed E-state index contributed by atoms with van der Waals surface area (Å²) in [6.07, 6.45) is 0. The van der Waals surface area contributed by atoms with Gasteiger partial charge in [-0.25, -0.2) is 4.98 Å². The third-order valence-electron chi connectivity index (χ3n) is 4.93. The molecule has 0 saturated carbocycles. The molecule has 0 fully saturated rings. The summed E-state index contributed by atoms with van der Waals surface area (Å²) in [6.45, 7) is 4.90. The van der Waals surface area contributed by atoms with Gasteiger partial charge in [0.1, 0.15) is 5.82 Å². The Labute approximate surface area is 158 Å². The van der Waals surface area contributed by atoms with Crippen LogP contribution in [0.1, 0.15) is 22.3 Å². The monoisotopic (exact) mass is 352 g/mol. The zero-order valence-electron chi connectivity index (χ0n) is 15.4. The van der Waals surface area contributed by atoms with E-state index in [1.165, 1.54) is 11.1 Å². The lowest BCUT2D eigenvalue weighted by Crippen LogP contribution is -2.03. The molecule has 0 saturated heterocycles. The molecule has 1 aromatic heterocycles. The second kappa shape index (κ2) is 6.62. The maximum atomic E-state index is 9.02. The number of hydrogen-bond acceptors (Lipinski definition) is 3. The SMILES string of the molecule is Cc1cc2nc(-c3cccc(N)c3)n(Cc3ccc(C#N)cc3)c2cc1C. The lowest BCUT2D eigenvalue weighted by Gasteiger charge is -2.11. The Morgan fingerprint density at radius 3 is 2.44 bits per heavy atom. The fourth-order valence-electron chi connectivity index (χ4n) is 3.31. The van der Waals surface area contributed by atoms with Crippen molar-refractivity contribution in [3.05, 3.63) is 82.9 Å². The molecule has 4 heteroatoms. The molecule has 0 radical (unpaired) electrons. The van der Waals surface area contributed by atoms with Gasteiger partial charge in [0.15, 0.2) is 0 Å². The highest BCUT2D eigenvalue weighted by molar-refractivity contribution is 5.82. The van der Waals surface area contributed by atoms with Gasteiger partial charge in [-0.3, -0.25) is 0 Å². The number of aryl methyl sites for hydroxylation is 2. The predicted molar refractivity (Wildman–Crippen MR) is 109 cm³/mol. The predicted octanol–water partition coefficient (Wildman–Crippen LogP) is 4.82. The van der Waals surface area contributed by atoms with Crippen LogP contribution in [0.15, 0.2) is 60.7 Å². The van der Waals surface area contributed by atoms with E-state index in [1.807, 2.05) is 48.5 Å². The molecule has 3 aromatic carbocycles. The molecule has 4 rings (SSSR count). The number of nitrogens with zero attached hydrogens (tertiary/aromatic N) is 3.